The maximum absolute atomic E-state index is 12.9. The fourth-order valence-electron chi connectivity index (χ4n) is 3.91. The lowest BCUT2D eigenvalue weighted by molar-refractivity contribution is -0.124. The summed E-state index contributed by atoms with van der Waals surface area (Å²) in [6.45, 7) is 6.43. The summed E-state index contributed by atoms with van der Waals surface area (Å²) < 4.78 is 0. The molecule has 0 radical (unpaired) electrons. The first-order valence-corrected chi connectivity index (χ1v) is 10.1. The van der Waals surface area contributed by atoms with Crippen LogP contribution in [0.1, 0.15) is 54.6 Å². The predicted octanol–water partition coefficient (Wildman–Crippen LogP) is 3.99. The maximum atomic E-state index is 12.9. The average Bonchev–Trinajstić information content (AvgIpc) is 2.66. The number of hydrogen-bond donors (Lipinski definition) is 2. The number of nitrogens with one attached hydrogen (secondary N) is 2. The van der Waals surface area contributed by atoms with Crippen LogP contribution in [0.15, 0.2) is 54.6 Å². The van der Waals surface area contributed by atoms with Crippen molar-refractivity contribution < 1.29 is 9.59 Å². The molecule has 1 saturated carbocycles. The van der Waals surface area contributed by atoms with Crippen molar-refractivity contribution in [2.75, 3.05) is 6.54 Å². The Labute approximate surface area is 167 Å². The van der Waals surface area contributed by atoms with Crippen molar-refractivity contribution in [2.45, 2.75) is 51.5 Å². The Bertz CT molecular complexity index is 826. The number of carbonyl (C=O) groups is 2. The molecule has 28 heavy (non-hydrogen) atoms. The van der Waals surface area contributed by atoms with Gasteiger partial charge in [-0.15, -0.1) is 0 Å². The van der Waals surface area contributed by atoms with E-state index in [0.29, 0.717) is 12.1 Å². The van der Waals surface area contributed by atoms with Gasteiger partial charge in [0.25, 0.3) is 5.91 Å². The van der Waals surface area contributed by atoms with Crippen LogP contribution in [-0.4, -0.2) is 24.4 Å². The van der Waals surface area contributed by atoms with Crippen molar-refractivity contribution in [1.29, 1.82) is 0 Å². The zero-order valence-corrected chi connectivity index (χ0v) is 17.0. The van der Waals surface area contributed by atoms with Crippen LogP contribution in [0.5, 0.6) is 0 Å². The monoisotopic (exact) mass is 378 g/mol. The molecular formula is C24H30N2O2. The van der Waals surface area contributed by atoms with E-state index in [9.17, 15) is 9.59 Å². The number of rotatable bonds is 7. The molecule has 0 bridgehead atoms. The van der Waals surface area contributed by atoms with Gasteiger partial charge in [-0.25, -0.2) is 0 Å². The lowest BCUT2D eigenvalue weighted by Gasteiger charge is -2.43. The standard InChI is InChI=1S/C24H30N2O2/c1-17(2)21(26-22(27)20-13-8-7-10-18(20)3)23(28)25-16-24(14-9-15-24)19-11-5-4-6-12-19/h4-8,10-13,17,21H,9,14-16H2,1-3H3,(H,25,28)(H,26,27). The molecule has 4 nitrogen and oxygen atoms in total. The van der Waals surface area contributed by atoms with Crippen molar-refractivity contribution in [1.82, 2.24) is 10.6 Å². The fraction of sp³-hybridized carbons (Fsp3) is 0.417. The van der Waals surface area contributed by atoms with Gasteiger partial charge in [-0.05, 0) is 42.9 Å². The zero-order chi connectivity index (χ0) is 20.1. The highest BCUT2D eigenvalue weighted by Gasteiger charge is 2.39. The van der Waals surface area contributed by atoms with Crippen molar-refractivity contribution in [3.05, 3.63) is 71.3 Å². The molecule has 0 aliphatic heterocycles. The van der Waals surface area contributed by atoms with Crippen LogP contribution in [-0.2, 0) is 10.2 Å². The molecule has 1 atom stereocenters. The first-order valence-electron chi connectivity index (χ1n) is 10.1. The third-order valence-electron chi connectivity index (χ3n) is 5.92. The highest BCUT2D eigenvalue weighted by Crippen LogP contribution is 2.43. The van der Waals surface area contributed by atoms with Gasteiger partial charge in [0.05, 0.1) is 0 Å². The van der Waals surface area contributed by atoms with Gasteiger partial charge in [-0.1, -0.05) is 68.8 Å². The largest absolute Gasteiger partial charge is 0.353 e. The molecule has 2 amide bonds. The van der Waals surface area contributed by atoms with E-state index in [-0.39, 0.29) is 23.1 Å². The molecule has 4 heteroatoms. The highest BCUT2D eigenvalue weighted by atomic mass is 16.2. The highest BCUT2D eigenvalue weighted by molar-refractivity contribution is 5.98. The summed E-state index contributed by atoms with van der Waals surface area (Å²) in [5.74, 6) is -0.311. The Morgan fingerprint density at radius 2 is 1.64 bits per heavy atom. The molecule has 148 valence electrons. The van der Waals surface area contributed by atoms with E-state index in [2.05, 4.69) is 34.9 Å². The van der Waals surface area contributed by atoms with E-state index >= 15 is 0 Å². The van der Waals surface area contributed by atoms with Crippen LogP contribution in [0.2, 0.25) is 0 Å². The van der Waals surface area contributed by atoms with Crippen molar-refractivity contribution in [3.8, 4) is 0 Å². The smallest absolute Gasteiger partial charge is 0.252 e. The van der Waals surface area contributed by atoms with Crippen LogP contribution in [0.3, 0.4) is 0 Å². The number of amides is 2. The van der Waals surface area contributed by atoms with E-state index in [1.54, 1.807) is 6.07 Å². The summed E-state index contributed by atoms with van der Waals surface area (Å²) in [5.41, 5.74) is 2.83. The van der Waals surface area contributed by atoms with Gasteiger partial charge < -0.3 is 10.6 Å². The Hall–Kier alpha value is -2.62. The molecule has 0 aromatic heterocycles. The minimum atomic E-state index is -0.556. The number of carbonyl (C=O) groups excluding carboxylic acids is 2. The lowest BCUT2D eigenvalue weighted by atomic mass is 9.64. The fourth-order valence-corrected chi connectivity index (χ4v) is 3.91. The molecule has 1 aliphatic rings. The van der Waals surface area contributed by atoms with Crippen LogP contribution >= 0.6 is 0 Å². The third-order valence-corrected chi connectivity index (χ3v) is 5.92. The topological polar surface area (TPSA) is 58.2 Å². The van der Waals surface area contributed by atoms with E-state index < -0.39 is 6.04 Å². The van der Waals surface area contributed by atoms with Crippen molar-refractivity contribution in [3.63, 3.8) is 0 Å². The molecule has 2 aromatic carbocycles. The van der Waals surface area contributed by atoms with Gasteiger partial charge in [-0.2, -0.15) is 0 Å². The third kappa shape index (κ3) is 4.27. The second-order valence-corrected chi connectivity index (χ2v) is 8.23. The normalized spacial score (nSPS) is 16.1. The maximum Gasteiger partial charge on any atom is 0.252 e. The molecule has 1 unspecified atom stereocenters. The molecule has 2 aromatic rings. The molecule has 0 saturated heterocycles. The summed E-state index contributed by atoms with van der Waals surface area (Å²) in [6.07, 6.45) is 3.35. The minimum Gasteiger partial charge on any atom is -0.353 e. The number of hydrogen-bond acceptors (Lipinski definition) is 2. The Morgan fingerprint density at radius 3 is 2.21 bits per heavy atom. The molecule has 1 fully saturated rings. The summed E-state index contributed by atoms with van der Waals surface area (Å²) in [6, 6.07) is 17.3. The van der Waals surface area contributed by atoms with E-state index in [0.717, 1.165) is 18.4 Å². The average molecular weight is 379 g/mol. The zero-order valence-electron chi connectivity index (χ0n) is 17.0. The first kappa shape index (κ1) is 20.1. The summed E-state index contributed by atoms with van der Waals surface area (Å²) in [7, 11) is 0. The minimum absolute atomic E-state index is 0.00188. The Kier molecular flexibility index (Phi) is 6.18. The van der Waals surface area contributed by atoms with Crippen LogP contribution in [0, 0.1) is 12.8 Å². The number of aryl methyl sites for hydroxylation is 1. The molecule has 0 spiro atoms. The summed E-state index contributed by atoms with van der Waals surface area (Å²) in [5, 5.41) is 6.06. The summed E-state index contributed by atoms with van der Waals surface area (Å²) in [4.78, 5) is 25.6. The number of benzene rings is 2. The second-order valence-electron chi connectivity index (χ2n) is 8.23. The van der Waals surface area contributed by atoms with Gasteiger partial charge in [0.15, 0.2) is 0 Å². The van der Waals surface area contributed by atoms with Gasteiger partial charge in [0, 0.05) is 17.5 Å². The second kappa shape index (κ2) is 8.59. The van der Waals surface area contributed by atoms with E-state index in [4.69, 9.17) is 0 Å². The lowest BCUT2D eigenvalue weighted by Crippen LogP contribution is -2.53. The molecule has 0 heterocycles. The van der Waals surface area contributed by atoms with Crippen LogP contribution in [0.4, 0.5) is 0 Å². The van der Waals surface area contributed by atoms with Gasteiger partial charge >= 0.3 is 0 Å². The first-order chi connectivity index (χ1) is 13.4. The van der Waals surface area contributed by atoms with Gasteiger partial charge in [0.2, 0.25) is 5.91 Å². The van der Waals surface area contributed by atoms with Crippen molar-refractivity contribution >= 4 is 11.8 Å². The quantitative estimate of drug-likeness (QED) is 0.765. The molecular weight excluding hydrogens is 348 g/mol. The molecule has 1 aliphatic carbocycles. The SMILES string of the molecule is Cc1ccccc1C(=O)NC(C(=O)NCC1(c2ccccc2)CCC1)C(C)C. The Balaban J connectivity index is 1.67. The van der Waals surface area contributed by atoms with Gasteiger partial charge in [-0.3, -0.25) is 9.59 Å². The molecule has 3 rings (SSSR count). The predicted molar refractivity (Wildman–Crippen MR) is 112 cm³/mol. The van der Waals surface area contributed by atoms with Crippen LogP contribution in [0.25, 0.3) is 0 Å². The van der Waals surface area contributed by atoms with Crippen LogP contribution < -0.4 is 10.6 Å². The molecule has 2 N–H and O–H groups in total. The van der Waals surface area contributed by atoms with E-state index in [1.165, 1.54) is 12.0 Å². The summed E-state index contributed by atoms with van der Waals surface area (Å²) >= 11 is 0. The van der Waals surface area contributed by atoms with E-state index in [1.807, 2.05) is 45.0 Å². The van der Waals surface area contributed by atoms with Crippen molar-refractivity contribution in [2.24, 2.45) is 5.92 Å². The van der Waals surface area contributed by atoms with Gasteiger partial charge in [0.1, 0.15) is 6.04 Å². The Morgan fingerprint density at radius 1 is 1.00 bits per heavy atom.